The van der Waals surface area contributed by atoms with Gasteiger partial charge in [0.15, 0.2) is 0 Å². The van der Waals surface area contributed by atoms with Crippen molar-refractivity contribution in [3.05, 3.63) is 74.8 Å². The SMILES string of the molecule is Cc1cc(C(=O)NCc2ccccc2C[NH+]2CCCCC2)ccc1[N+](=O)[O-]. The van der Waals surface area contributed by atoms with Crippen molar-refractivity contribution in [3.8, 4) is 0 Å². The van der Waals surface area contributed by atoms with E-state index in [-0.39, 0.29) is 11.6 Å². The highest BCUT2D eigenvalue weighted by molar-refractivity contribution is 5.94. The smallest absolute Gasteiger partial charge is 0.272 e. The number of quaternary nitrogens is 1. The van der Waals surface area contributed by atoms with Crippen molar-refractivity contribution in [2.24, 2.45) is 0 Å². The number of nitro groups is 1. The quantitative estimate of drug-likeness (QED) is 0.607. The monoisotopic (exact) mass is 368 g/mol. The molecule has 0 atom stereocenters. The number of benzene rings is 2. The van der Waals surface area contributed by atoms with E-state index in [1.54, 1.807) is 17.9 Å². The molecule has 27 heavy (non-hydrogen) atoms. The normalized spacial score (nSPS) is 14.7. The number of aryl methyl sites for hydroxylation is 1. The van der Waals surface area contributed by atoms with Crippen LogP contribution in [-0.4, -0.2) is 23.9 Å². The number of nitrogens with one attached hydrogen (secondary N) is 2. The molecule has 6 nitrogen and oxygen atoms in total. The minimum absolute atomic E-state index is 0.0291. The Morgan fingerprint density at radius 3 is 2.48 bits per heavy atom. The van der Waals surface area contributed by atoms with Crippen molar-refractivity contribution < 1.29 is 14.6 Å². The first-order valence-corrected chi connectivity index (χ1v) is 9.48. The molecule has 2 aromatic carbocycles. The number of carbonyl (C=O) groups is 1. The number of amides is 1. The molecule has 0 bridgehead atoms. The summed E-state index contributed by atoms with van der Waals surface area (Å²) >= 11 is 0. The maximum atomic E-state index is 12.5. The van der Waals surface area contributed by atoms with Crippen molar-refractivity contribution in [1.29, 1.82) is 0 Å². The predicted octanol–water partition coefficient (Wildman–Crippen LogP) is 2.40. The summed E-state index contributed by atoms with van der Waals surface area (Å²) in [5.41, 5.74) is 3.36. The highest BCUT2D eigenvalue weighted by Crippen LogP contribution is 2.19. The van der Waals surface area contributed by atoms with Gasteiger partial charge in [0, 0.05) is 29.3 Å². The second-order valence-corrected chi connectivity index (χ2v) is 7.20. The Morgan fingerprint density at radius 1 is 1.11 bits per heavy atom. The van der Waals surface area contributed by atoms with Gasteiger partial charge in [-0.2, -0.15) is 0 Å². The average Bonchev–Trinajstić information content (AvgIpc) is 2.67. The molecule has 1 heterocycles. The highest BCUT2D eigenvalue weighted by Gasteiger charge is 2.17. The number of nitrogens with zero attached hydrogens (tertiary/aromatic N) is 1. The molecule has 1 aliphatic rings. The van der Waals surface area contributed by atoms with Gasteiger partial charge in [-0.1, -0.05) is 24.3 Å². The van der Waals surface area contributed by atoms with E-state index < -0.39 is 4.92 Å². The summed E-state index contributed by atoms with van der Waals surface area (Å²) in [4.78, 5) is 24.6. The Labute approximate surface area is 159 Å². The van der Waals surface area contributed by atoms with Gasteiger partial charge in [0.1, 0.15) is 6.54 Å². The zero-order valence-corrected chi connectivity index (χ0v) is 15.7. The molecule has 1 fully saturated rings. The van der Waals surface area contributed by atoms with Gasteiger partial charge in [-0.05, 0) is 43.9 Å². The van der Waals surface area contributed by atoms with Crippen molar-refractivity contribution >= 4 is 11.6 Å². The maximum Gasteiger partial charge on any atom is 0.272 e. The first-order chi connectivity index (χ1) is 13.0. The van der Waals surface area contributed by atoms with E-state index in [1.165, 1.54) is 50.0 Å². The van der Waals surface area contributed by atoms with Crippen LogP contribution in [-0.2, 0) is 13.1 Å². The van der Waals surface area contributed by atoms with Gasteiger partial charge < -0.3 is 10.2 Å². The van der Waals surface area contributed by atoms with Crippen LogP contribution in [0.25, 0.3) is 0 Å². The van der Waals surface area contributed by atoms with E-state index in [9.17, 15) is 14.9 Å². The third kappa shape index (κ3) is 4.92. The number of rotatable bonds is 6. The Morgan fingerprint density at radius 2 is 1.81 bits per heavy atom. The van der Waals surface area contributed by atoms with E-state index in [1.807, 2.05) is 12.1 Å². The molecule has 0 aliphatic carbocycles. The number of hydrogen-bond donors (Lipinski definition) is 2. The van der Waals surface area contributed by atoms with Crippen LogP contribution in [0.4, 0.5) is 5.69 Å². The lowest BCUT2D eigenvalue weighted by atomic mass is 10.0. The van der Waals surface area contributed by atoms with Gasteiger partial charge in [-0.3, -0.25) is 14.9 Å². The van der Waals surface area contributed by atoms with Crippen LogP contribution in [0.1, 0.15) is 46.3 Å². The Bertz CT molecular complexity index is 829. The molecule has 0 radical (unpaired) electrons. The zero-order chi connectivity index (χ0) is 19.2. The highest BCUT2D eigenvalue weighted by atomic mass is 16.6. The van der Waals surface area contributed by atoms with E-state index in [0.717, 1.165) is 12.1 Å². The van der Waals surface area contributed by atoms with Gasteiger partial charge >= 0.3 is 0 Å². The zero-order valence-electron chi connectivity index (χ0n) is 15.7. The van der Waals surface area contributed by atoms with E-state index in [4.69, 9.17) is 0 Å². The minimum Gasteiger partial charge on any atom is -0.348 e. The lowest BCUT2D eigenvalue weighted by molar-refractivity contribution is -0.918. The molecule has 2 aromatic rings. The molecule has 142 valence electrons. The Balaban J connectivity index is 1.65. The number of nitro benzene ring substituents is 1. The third-order valence-electron chi connectivity index (χ3n) is 5.21. The van der Waals surface area contributed by atoms with Crippen molar-refractivity contribution in [1.82, 2.24) is 5.32 Å². The lowest BCUT2D eigenvalue weighted by Gasteiger charge is -2.24. The summed E-state index contributed by atoms with van der Waals surface area (Å²) in [6.45, 7) is 5.51. The number of hydrogen-bond acceptors (Lipinski definition) is 3. The molecule has 0 spiro atoms. The van der Waals surface area contributed by atoms with Crippen LogP contribution >= 0.6 is 0 Å². The average molecular weight is 368 g/mol. The van der Waals surface area contributed by atoms with Crippen LogP contribution in [0, 0.1) is 17.0 Å². The summed E-state index contributed by atoms with van der Waals surface area (Å²) in [6.07, 6.45) is 3.90. The first-order valence-electron chi connectivity index (χ1n) is 9.48. The summed E-state index contributed by atoms with van der Waals surface area (Å²) < 4.78 is 0. The number of piperidine rings is 1. The molecular formula is C21H26N3O3+. The maximum absolute atomic E-state index is 12.5. The molecule has 1 amide bonds. The second kappa shape index (κ2) is 8.77. The number of carbonyl (C=O) groups excluding carboxylic acids is 1. The fourth-order valence-electron chi connectivity index (χ4n) is 3.68. The van der Waals surface area contributed by atoms with E-state index >= 15 is 0 Å². The topological polar surface area (TPSA) is 76.7 Å². The summed E-state index contributed by atoms with van der Waals surface area (Å²) in [5, 5.41) is 13.9. The third-order valence-corrected chi connectivity index (χ3v) is 5.21. The van der Waals surface area contributed by atoms with Gasteiger partial charge in [0.2, 0.25) is 0 Å². The number of likely N-dealkylation sites (tertiary alicyclic amines) is 1. The summed E-state index contributed by atoms with van der Waals surface area (Å²) in [7, 11) is 0. The molecule has 6 heteroatoms. The Kier molecular flexibility index (Phi) is 6.19. The molecule has 0 unspecified atom stereocenters. The van der Waals surface area contributed by atoms with Crippen LogP contribution in [0.5, 0.6) is 0 Å². The van der Waals surface area contributed by atoms with Crippen molar-refractivity contribution in [2.75, 3.05) is 13.1 Å². The first kappa shape index (κ1) is 19.0. The molecule has 1 aliphatic heterocycles. The molecule has 0 saturated carbocycles. The van der Waals surface area contributed by atoms with Crippen LogP contribution < -0.4 is 10.2 Å². The van der Waals surface area contributed by atoms with Crippen molar-refractivity contribution in [3.63, 3.8) is 0 Å². The van der Waals surface area contributed by atoms with Gasteiger partial charge in [-0.25, -0.2) is 0 Å². The van der Waals surface area contributed by atoms with Crippen molar-refractivity contribution in [2.45, 2.75) is 39.3 Å². The van der Waals surface area contributed by atoms with Crippen LogP contribution in [0.15, 0.2) is 42.5 Å². The van der Waals surface area contributed by atoms with Gasteiger partial charge in [0.25, 0.3) is 11.6 Å². The van der Waals surface area contributed by atoms with E-state index in [2.05, 4.69) is 17.4 Å². The minimum atomic E-state index is -0.434. The fourth-order valence-corrected chi connectivity index (χ4v) is 3.68. The van der Waals surface area contributed by atoms with Crippen LogP contribution in [0.3, 0.4) is 0 Å². The molecule has 1 saturated heterocycles. The van der Waals surface area contributed by atoms with Crippen LogP contribution in [0.2, 0.25) is 0 Å². The molecule has 3 rings (SSSR count). The standard InChI is InChI=1S/C21H25N3O3/c1-16-13-17(9-10-20(16)24(26)27)21(25)22-14-18-7-3-4-8-19(18)15-23-11-5-2-6-12-23/h3-4,7-10,13H,2,5-6,11-12,14-15H2,1H3,(H,22,25)/p+1. The summed E-state index contributed by atoms with van der Waals surface area (Å²) in [5.74, 6) is -0.215. The predicted molar refractivity (Wildman–Crippen MR) is 104 cm³/mol. The Hall–Kier alpha value is -2.73. The lowest BCUT2D eigenvalue weighted by Crippen LogP contribution is -3.11. The van der Waals surface area contributed by atoms with Gasteiger partial charge in [0.05, 0.1) is 18.0 Å². The van der Waals surface area contributed by atoms with Gasteiger partial charge in [-0.15, -0.1) is 0 Å². The molecular weight excluding hydrogens is 342 g/mol. The van der Waals surface area contributed by atoms with E-state index in [0.29, 0.717) is 17.7 Å². The second-order valence-electron chi connectivity index (χ2n) is 7.20. The summed E-state index contributed by atoms with van der Waals surface area (Å²) in [6, 6.07) is 12.7. The largest absolute Gasteiger partial charge is 0.348 e. The molecule has 0 aromatic heterocycles. The fraction of sp³-hybridized carbons (Fsp3) is 0.381. The molecule has 2 N–H and O–H groups in total.